The van der Waals surface area contributed by atoms with Crippen LogP contribution in [0.25, 0.3) is 11.0 Å². The van der Waals surface area contributed by atoms with Gasteiger partial charge in [-0.1, -0.05) is 54.4 Å². The maximum Gasteiger partial charge on any atom is 0.252 e. The number of aryl methyl sites for hydroxylation is 2. The number of halogens is 1. The van der Waals surface area contributed by atoms with Crippen molar-refractivity contribution in [2.24, 2.45) is 0 Å². The number of fused-ring (bicyclic) bond motifs is 1. The van der Waals surface area contributed by atoms with Gasteiger partial charge in [-0.25, -0.2) is 4.98 Å². The fraction of sp³-hybridized carbons (Fsp3) is 0.333. The molecule has 4 aromatic rings. The van der Waals surface area contributed by atoms with E-state index in [1.165, 1.54) is 5.52 Å². The molecule has 0 aliphatic heterocycles. The first-order valence-electron chi connectivity index (χ1n) is 12.9. The molecular weight excluding hydrogens is 486 g/mol. The lowest BCUT2D eigenvalue weighted by Crippen LogP contribution is -2.24. The Morgan fingerprint density at radius 2 is 1.65 bits per heavy atom. The SMILES string of the molecule is COc1ccccc1OCCCCn1c(CCCCCNC(=O)c2ccccc2Cl)nc2ccccc21. The molecule has 0 spiro atoms. The molecule has 1 N–H and O–H groups in total. The first-order valence-corrected chi connectivity index (χ1v) is 13.3. The lowest BCUT2D eigenvalue weighted by atomic mass is 10.1. The number of carbonyl (C=O) groups is 1. The number of methoxy groups -OCH3 is 1. The molecule has 0 unspecified atom stereocenters. The number of nitrogens with one attached hydrogen (secondary N) is 1. The van der Waals surface area contributed by atoms with E-state index < -0.39 is 0 Å². The van der Waals surface area contributed by atoms with Crippen LogP contribution in [0.4, 0.5) is 0 Å². The number of hydrogen-bond acceptors (Lipinski definition) is 4. The summed E-state index contributed by atoms with van der Waals surface area (Å²) in [4.78, 5) is 17.2. The molecule has 0 atom stereocenters. The Labute approximate surface area is 223 Å². The molecule has 6 nitrogen and oxygen atoms in total. The summed E-state index contributed by atoms with van der Waals surface area (Å²) in [6.07, 6.45) is 5.79. The molecule has 0 saturated heterocycles. The molecular formula is C30H34ClN3O3. The minimum Gasteiger partial charge on any atom is -0.493 e. The highest BCUT2D eigenvalue weighted by atomic mass is 35.5. The van der Waals surface area contributed by atoms with Gasteiger partial charge in [0.15, 0.2) is 11.5 Å². The third-order valence-corrected chi connectivity index (χ3v) is 6.65. The van der Waals surface area contributed by atoms with Gasteiger partial charge in [-0.15, -0.1) is 0 Å². The third-order valence-electron chi connectivity index (χ3n) is 6.32. The van der Waals surface area contributed by atoms with Gasteiger partial charge in [0.2, 0.25) is 0 Å². The summed E-state index contributed by atoms with van der Waals surface area (Å²) in [7, 11) is 1.66. The number of ether oxygens (including phenoxy) is 2. The van der Waals surface area contributed by atoms with Gasteiger partial charge in [0, 0.05) is 19.5 Å². The molecule has 194 valence electrons. The molecule has 7 heteroatoms. The van der Waals surface area contributed by atoms with Crippen LogP contribution in [0.2, 0.25) is 5.02 Å². The number of rotatable bonds is 14. The first kappa shape index (κ1) is 26.6. The van der Waals surface area contributed by atoms with E-state index in [9.17, 15) is 4.79 Å². The molecule has 0 fully saturated rings. The molecule has 0 aliphatic carbocycles. The maximum absolute atomic E-state index is 12.3. The van der Waals surface area contributed by atoms with Crippen LogP contribution < -0.4 is 14.8 Å². The van der Waals surface area contributed by atoms with Crippen molar-refractivity contribution in [2.75, 3.05) is 20.3 Å². The highest BCUT2D eigenvalue weighted by molar-refractivity contribution is 6.33. The highest BCUT2D eigenvalue weighted by Crippen LogP contribution is 2.26. The lowest BCUT2D eigenvalue weighted by molar-refractivity contribution is 0.0953. The molecule has 37 heavy (non-hydrogen) atoms. The van der Waals surface area contributed by atoms with E-state index in [4.69, 9.17) is 26.1 Å². The monoisotopic (exact) mass is 519 g/mol. The Balaban J connectivity index is 1.23. The summed E-state index contributed by atoms with van der Waals surface area (Å²) in [5, 5.41) is 3.44. The number of para-hydroxylation sites is 4. The van der Waals surface area contributed by atoms with Crippen LogP contribution in [0.1, 0.15) is 48.3 Å². The van der Waals surface area contributed by atoms with Gasteiger partial charge in [0.25, 0.3) is 5.91 Å². The quantitative estimate of drug-likeness (QED) is 0.188. The van der Waals surface area contributed by atoms with E-state index in [0.717, 1.165) is 67.9 Å². The van der Waals surface area contributed by atoms with Gasteiger partial charge < -0.3 is 19.4 Å². The number of unbranched alkanes of at least 4 members (excludes halogenated alkanes) is 3. The summed E-state index contributed by atoms with van der Waals surface area (Å²) in [6.45, 7) is 2.17. The van der Waals surface area contributed by atoms with Crippen LogP contribution >= 0.6 is 11.6 Å². The Kier molecular flexibility index (Phi) is 9.83. The van der Waals surface area contributed by atoms with Crippen molar-refractivity contribution in [1.82, 2.24) is 14.9 Å². The summed E-state index contributed by atoms with van der Waals surface area (Å²) < 4.78 is 13.6. The summed E-state index contributed by atoms with van der Waals surface area (Å²) in [5.74, 6) is 2.53. The van der Waals surface area contributed by atoms with Crippen molar-refractivity contribution in [1.29, 1.82) is 0 Å². The average Bonchev–Trinajstić information content (AvgIpc) is 3.28. The van der Waals surface area contributed by atoms with Gasteiger partial charge in [0.1, 0.15) is 5.82 Å². The minimum atomic E-state index is -0.123. The number of imidazole rings is 1. The third kappa shape index (κ3) is 7.26. The van der Waals surface area contributed by atoms with Crippen LogP contribution in [0, 0.1) is 0 Å². The number of nitrogens with zero attached hydrogens (tertiary/aromatic N) is 2. The summed E-state index contributed by atoms with van der Waals surface area (Å²) in [6, 6.07) is 23.2. The molecule has 3 aromatic carbocycles. The van der Waals surface area contributed by atoms with Crippen molar-refractivity contribution in [3.8, 4) is 11.5 Å². The average molecular weight is 520 g/mol. The van der Waals surface area contributed by atoms with Crippen LogP contribution in [-0.4, -0.2) is 35.7 Å². The zero-order chi connectivity index (χ0) is 25.9. The van der Waals surface area contributed by atoms with Crippen molar-refractivity contribution < 1.29 is 14.3 Å². The van der Waals surface area contributed by atoms with Crippen LogP contribution in [-0.2, 0) is 13.0 Å². The standard InChI is InChI=1S/C30H34ClN3O3/c1-36-27-17-8-9-18-28(27)37-22-12-11-21-34-26-16-7-6-15-25(26)33-29(34)19-3-2-10-20-32-30(35)23-13-4-5-14-24(23)31/h4-9,13-18H,2-3,10-12,19-22H2,1H3,(H,32,35). The normalized spacial score (nSPS) is 11.0. The van der Waals surface area contributed by atoms with Crippen LogP contribution in [0.15, 0.2) is 72.8 Å². The van der Waals surface area contributed by atoms with Gasteiger partial charge in [-0.2, -0.15) is 0 Å². The van der Waals surface area contributed by atoms with Crippen molar-refractivity contribution in [3.63, 3.8) is 0 Å². The summed E-state index contributed by atoms with van der Waals surface area (Å²) >= 11 is 6.11. The highest BCUT2D eigenvalue weighted by Gasteiger charge is 2.11. The van der Waals surface area contributed by atoms with E-state index in [1.54, 1.807) is 19.2 Å². The van der Waals surface area contributed by atoms with Crippen LogP contribution in [0.5, 0.6) is 11.5 Å². The van der Waals surface area contributed by atoms with Crippen molar-refractivity contribution in [2.45, 2.75) is 45.1 Å². The predicted octanol–water partition coefficient (Wildman–Crippen LogP) is 6.70. The molecule has 0 aliphatic rings. The van der Waals surface area contributed by atoms with E-state index >= 15 is 0 Å². The fourth-order valence-corrected chi connectivity index (χ4v) is 4.61. The second-order valence-electron chi connectivity index (χ2n) is 8.92. The Hall–Kier alpha value is -3.51. The second-order valence-corrected chi connectivity index (χ2v) is 9.33. The van der Waals surface area contributed by atoms with Crippen molar-refractivity contribution >= 4 is 28.5 Å². The predicted molar refractivity (Wildman–Crippen MR) is 149 cm³/mol. The minimum absolute atomic E-state index is 0.123. The molecule has 0 radical (unpaired) electrons. The van der Waals surface area contributed by atoms with E-state index in [1.807, 2.05) is 42.5 Å². The van der Waals surface area contributed by atoms with E-state index in [-0.39, 0.29) is 5.91 Å². The number of carbonyl (C=O) groups excluding carboxylic acids is 1. The molecule has 1 heterocycles. The van der Waals surface area contributed by atoms with E-state index in [2.05, 4.69) is 28.1 Å². The zero-order valence-corrected chi connectivity index (χ0v) is 22.0. The van der Waals surface area contributed by atoms with Gasteiger partial charge >= 0.3 is 0 Å². The number of amides is 1. The molecule has 0 saturated carbocycles. The lowest BCUT2D eigenvalue weighted by Gasteiger charge is -2.12. The number of benzene rings is 3. The van der Waals surface area contributed by atoms with Crippen LogP contribution in [0.3, 0.4) is 0 Å². The maximum atomic E-state index is 12.3. The fourth-order valence-electron chi connectivity index (χ4n) is 4.39. The molecule has 4 rings (SSSR count). The number of hydrogen-bond donors (Lipinski definition) is 1. The summed E-state index contributed by atoms with van der Waals surface area (Å²) in [5.41, 5.74) is 2.73. The largest absolute Gasteiger partial charge is 0.493 e. The van der Waals surface area contributed by atoms with Gasteiger partial charge in [0.05, 0.1) is 35.3 Å². The first-order chi connectivity index (χ1) is 18.2. The topological polar surface area (TPSA) is 65.4 Å². The Morgan fingerprint density at radius 1 is 0.892 bits per heavy atom. The molecule has 1 amide bonds. The smallest absolute Gasteiger partial charge is 0.252 e. The van der Waals surface area contributed by atoms with Gasteiger partial charge in [-0.3, -0.25) is 4.79 Å². The second kappa shape index (κ2) is 13.7. The zero-order valence-electron chi connectivity index (χ0n) is 21.3. The van der Waals surface area contributed by atoms with E-state index in [0.29, 0.717) is 23.7 Å². The van der Waals surface area contributed by atoms with Gasteiger partial charge in [-0.05, 0) is 62.1 Å². The molecule has 0 bridgehead atoms. The Bertz CT molecular complexity index is 1300. The Morgan fingerprint density at radius 3 is 2.49 bits per heavy atom. The molecule has 1 aromatic heterocycles. The van der Waals surface area contributed by atoms with Crippen molar-refractivity contribution in [3.05, 3.63) is 89.2 Å². The number of aromatic nitrogens is 2.